The highest BCUT2D eigenvalue weighted by Gasteiger charge is 2.31. The molecule has 3 aromatic rings. The third kappa shape index (κ3) is 4.25. The van der Waals surface area contributed by atoms with Crippen LogP contribution < -0.4 is 4.74 Å². The van der Waals surface area contributed by atoms with E-state index in [9.17, 15) is 4.79 Å². The van der Waals surface area contributed by atoms with Crippen LogP contribution in [0.4, 0.5) is 4.79 Å². The van der Waals surface area contributed by atoms with E-state index in [0.717, 1.165) is 25.9 Å². The van der Waals surface area contributed by atoms with Crippen molar-refractivity contribution in [1.82, 2.24) is 4.90 Å². The second-order valence-corrected chi connectivity index (χ2v) is 7.30. The van der Waals surface area contributed by atoms with Gasteiger partial charge in [0, 0.05) is 19.0 Å². The van der Waals surface area contributed by atoms with Crippen molar-refractivity contribution in [3.8, 4) is 5.75 Å². The zero-order valence-corrected chi connectivity index (χ0v) is 15.9. The van der Waals surface area contributed by atoms with Crippen molar-refractivity contribution in [3.05, 3.63) is 102 Å². The zero-order valence-electron chi connectivity index (χ0n) is 15.9. The van der Waals surface area contributed by atoms with Gasteiger partial charge in [-0.05, 0) is 42.0 Å². The Hall–Kier alpha value is -3.07. The molecular weight excluding hydrogens is 346 g/mol. The maximum atomic E-state index is 12.5. The predicted molar refractivity (Wildman–Crippen MR) is 111 cm³/mol. The molecule has 0 aliphatic carbocycles. The van der Waals surface area contributed by atoms with Crippen LogP contribution in [-0.4, -0.2) is 24.1 Å². The van der Waals surface area contributed by atoms with Crippen molar-refractivity contribution >= 4 is 6.09 Å². The van der Waals surface area contributed by atoms with Crippen LogP contribution in [0.3, 0.4) is 0 Å². The van der Waals surface area contributed by atoms with E-state index in [2.05, 4.69) is 60.7 Å². The van der Waals surface area contributed by atoms with Crippen LogP contribution in [0.25, 0.3) is 0 Å². The highest BCUT2D eigenvalue weighted by Crippen LogP contribution is 2.38. The molecule has 0 N–H and O–H groups in total. The fourth-order valence-corrected chi connectivity index (χ4v) is 4.13. The number of carbonyl (C=O) groups excluding carboxylic acids is 1. The van der Waals surface area contributed by atoms with Gasteiger partial charge in [0.2, 0.25) is 0 Å². The smallest absolute Gasteiger partial charge is 0.410 e. The minimum Gasteiger partial charge on any atom is -0.410 e. The third-order valence-corrected chi connectivity index (χ3v) is 5.53. The Morgan fingerprint density at radius 2 is 1.21 bits per heavy atom. The van der Waals surface area contributed by atoms with E-state index >= 15 is 0 Å². The summed E-state index contributed by atoms with van der Waals surface area (Å²) >= 11 is 0. The van der Waals surface area contributed by atoms with Crippen molar-refractivity contribution in [2.75, 3.05) is 13.1 Å². The number of para-hydroxylation sites is 1. The summed E-state index contributed by atoms with van der Waals surface area (Å²) < 4.78 is 5.51. The zero-order chi connectivity index (χ0) is 19.2. The summed E-state index contributed by atoms with van der Waals surface area (Å²) in [4.78, 5) is 14.3. The molecule has 142 valence electrons. The number of nitrogens with zero attached hydrogens (tertiary/aromatic N) is 1. The summed E-state index contributed by atoms with van der Waals surface area (Å²) in [5.41, 5.74) is 2.69. The highest BCUT2D eigenvalue weighted by atomic mass is 16.6. The molecule has 1 saturated heterocycles. The van der Waals surface area contributed by atoms with Gasteiger partial charge < -0.3 is 9.64 Å². The van der Waals surface area contributed by atoms with E-state index in [1.165, 1.54) is 11.1 Å². The largest absolute Gasteiger partial charge is 0.415 e. The number of ether oxygens (including phenoxy) is 1. The number of carbonyl (C=O) groups is 1. The van der Waals surface area contributed by atoms with Gasteiger partial charge in [0.15, 0.2) is 0 Å². The lowest BCUT2D eigenvalue weighted by Crippen LogP contribution is -2.41. The maximum Gasteiger partial charge on any atom is 0.415 e. The number of hydrogen-bond donors (Lipinski definition) is 0. The van der Waals surface area contributed by atoms with Gasteiger partial charge in [-0.2, -0.15) is 0 Å². The standard InChI is InChI=1S/C25H25NO2/c27-25(28-23-14-8-3-9-15-23)26-18-16-22(17-19-26)24(20-10-4-1-5-11-20)21-12-6-2-7-13-21/h1-15,22,24H,16-19H2. The average molecular weight is 371 g/mol. The molecule has 0 saturated carbocycles. The number of amides is 1. The topological polar surface area (TPSA) is 29.5 Å². The molecular formula is C25H25NO2. The second-order valence-electron chi connectivity index (χ2n) is 7.30. The van der Waals surface area contributed by atoms with Crippen LogP contribution in [0.1, 0.15) is 29.9 Å². The Morgan fingerprint density at radius 1 is 0.750 bits per heavy atom. The minimum atomic E-state index is -0.249. The van der Waals surface area contributed by atoms with Crippen molar-refractivity contribution in [2.45, 2.75) is 18.8 Å². The van der Waals surface area contributed by atoms with Crippen LogP contribution in [0.15, 0.2) is 91.0 Å². The SMILES string of the molecule is O=C(Oc1ccccc1)N1CCC(C(c2ccccc2)c2ccccc2)CC1. The molecule has 4 rings (SSSR count). The lowest BCUT2D eigenvalue weighted by molar-refractivity contribution is 0.128. The molecule has 0 atom stereocenters. The molecule has 1 amide bonds. The van der Waals surface area contributed by atoms with E-state index in [0.29, 0.717) is 17.6 Å². The molecule has 3 heteroatoms. The molecule has 1 fully saturated rings. The van der Waals surface area contributed by atoms with Gasteiger partial charge in [-0.25, -0.2) is 4.79 Å². The van der Waals surface area contributed by atoms with Gasteiger partial charge in [0.1, 0.15) is 5.75 Å². The fraction of sp³-hybridized carbons (Fsp3) is 0.240. The summed E-state index contributed by atoms with van der Waals surface area (Å²) in [5.74, 6) is 1.46. The van der Waals surface area contributed by atoms with Crippen LogP contribution in [0.2, 0.25) is 0 Å². The average Bonchev–Trinajstić information content (AvgIpc) is 2.77. The number of rotatable bonds is 4. The second kappa shape index (κ2) is 8.75. The molecule has 0 unspecified atom stereocenters. The van der Waals surface area contributed by atoms with Crippen molar-refractivity contribution in [1.29, 1.82) is 0 Å². The molecule has 0 bridgehead atoms. The normalized spacial score (nSPS) is 14.8. The Balaban J connectivity index is 1.45. The Morgan fingerprint density at radius 3 is 1.71 bits per heavy atom. The van der Waals surface area contributed by atoms with Gasteiger partial charge >= 0.3 is 6.09 Å². The van der Waals surface area contributed by atoms with Gasteiger partial charge in [-0.3, -0.25) is 0 Å². The van der Waals surface area contributed by atoms with Crippen LogP contribution in [-0.2, 0) is 0 Å². The number of likely N-dealkylation sites (tertiary alicyclic amines) is 1. The van der Waals surface area contributed by atoms with Gasteiger partial charge in [0.05, 0.1) is 0 Å². The fourth-order valence-electron chi connectivity index (χ4n) is 4.13. The molecule has 0 radical (unpaired) electrons. The van der Waals surface area contributed by atoms with Crippen LogP contribution >= 0.6 is 0 Å². The molecule has 3 nitrogen and oxygen atoms in total. The number of hydrogen-bond acceptors (Lipinski definition) is 2. The van der Waals surface area contributed by atoms with E-state index in [1.54, 1.807) is 0 Å². The first-order chi connectivity index (χ1) is 13.8. The first-order valence-electron chi connectivity index (χ1n) is 9.93. The Bertz CT molecular complexity index is 833. The van der Waals surface area contributed by atoms with E-state index < -0.39 is 0 Å². The lowest BCUT2D eigenvalue weighted by atomic mass is 9.76. The monoisotopic (exact) mass is 371 g/mol. The van der Waals surface area contributed by atoms with E-state index in [1.807, 2.05) is 35.2 Å². The Labute approximate surface area is 166 Å². The van der Waals surface area contributed by atoms with Gasteiger partial charge in [-0.15, -0.1) is 0 Å². The molecule has 3 aromatic carbocycles. The highest BCUT2D eigenvalue weighted by molar-refractivity contribution is 5.70. The summed E-state index contributed by atoms with van der Waals surface area (Å²) in [6, 6.07) is 30.7. The van der Waals surface area contributed by atoms with Crippen molar-refractivity contribution in [2.24, 2.45) is 5.92 Å². The summed E-state index contributed by atoms with van der Waals surface area (Å²) in [6.07, 6.45) is 1.69. The molecule has 1 aliphatic rings. The first-order valence-corrected chi connectivity index (χ1v) is 9.93. The van der Waals surface area contributed by atoms with Gasteiger partial charge in [0.25, 0.3) is 0 Å². The minimum absolute atomic E-state index is 0.249. The molecule has 1 aliphatic heterocycles. The van der Waals surface area contributed by atoms with Crippen molar-refractivity contribution < 1.29 is 9.53 Å². The van der Waals surface area contributed by atoms with Crippen LogP contribution in [0.5, 0.6) is 5.75 Å². The lowest BCUT2D eigenvalue weighted by Gasteiger charge is -2.36. The predicted octanol–water partition coefficient (Wildman–Crippen LogP) is 5.73. The van der Waals surface area contributed by atoms with E-state index in [4.69, 9.17) is 4.74 Å². The van der Waals surface area contributed by atoms with Crippen molar-refractivity contribution in [3.63, 3.8) is 0 Å². The van der Waals surface area contributed by atoms with Crippen LogP contribution in [0, 0.1) is 5.92 Å². The third-order valence-electron chi connectivity index (χ3n) is 5.53. The summed E-state index contributed by atoms with van der Waals surface area (Å²) in [5, 5.41) is 0. The summed E-state index contributed by atoms with van der Waals surface area (Å²) in [6.45, 7) is 1.46. The molecule has 0 aromatic heterocycles. The first kappa shape index (κ1) is 18.3. The van der Waals surface area contributed by atoms with E-state index in [-0.39, 0.29) is 6.09 Å². The number of benzene rings is 3. The van der Waals surface area contributed by atoms with Gasteiger partial charge in [-0.1, -0.05) is 78.9 Å². The number of piperidine rings is 1. The molecule has 28 heavy (non-hydrogen) atoms. The summed E-state index contributed by atoms with van der Waals surface area (Å²) in [7, 11) is 0. The molecule has 0 spiro atoms. The maximum absolute atomic E-state index is 12.5. The molecule has 1 heterocycles. The Kier molecular flexibility index (Phi) is 5.72. The quantitative estimate of drug-likeness (QED) is 0.586.